The van der Waals surface area contributed by atoms with Crippen molar-refractivity contribution >= 4 is 46.5 Å². The van der Waals surface area contributed by atoms with Gasteiger partial charge in [-0.1, -0.05) is 24.3 Å². The van der Waals surface area contributed by atoms with Gasteiger partial charge in [0.15, 0.2) is 16.6 Å². The number of ketones is 1. The van der Waals surface area contributed by atoms with Crippen molar-refractivity contribution in [1.82, 2.24) is 25.0 Å². The first-order valence-electron chi connectivity index (χ1n) is 19.5. The van der Waals surface area contributed by atoms with Crippen LogP contribution in [0, 0.1) is 17.2 Å². The second kappa shape index (κ2) is 17.6. The molecule has 0 spiro atoms. The second-order valence-corrected chi connectivity index (χ2v) is 16.4. The Labute approximate surface area is 342 Å². The number of rotatable bonds is 12. The Bertz CT molecular complexity index is 2000. The fourth-order valence-corrected chi connectivity index (χ4v) is 9.09. The lowest BCUT2D eigenvalue weighted by molar-refractivity contribution is -0.197. The molecule has 19 heteroatoms. The number of halogens is 6. The quantitative estimate of drug-likeness (QED) is 0.176. The van der Waals surface area contributed by atoms with Gasteiger partial charge in [0.25, 0.3) is 5.91 Å². The molecule has 4 heterocycles. The topological polar surface area (TPSA) is 139 Å². The molecule has 59 heavy (non-hydrogen) atoms. The molecule has 4 fully saturated rings. The highest BCUT2D eigenvalue weighted by Gasteiger charge is 2.53. The number of alkyl halides is 6. The Morgan fingerprint density at radius 1 is 1.03 bits per heavy atom. The maximum absolute atomic E-state index is 14.3. The predicted molar refractivity (Wildman–Crippen MR) is 205 cm³/mol. The third-order valence-corrected chi connectivity index (χ3v) is 12.0. The van der Waals surface area contributed by atoms with Gasteiger partial charge in [-0.3, -0.25) is 39.2 Å². The zero-order valence-electron chi connectivity index (χ0n) is 32.6. The molecule has 0 unspecified atom stereocenters. The first kappa shape index (κ1) is 44.1. The average molecular weight is 850 g/mol. The number of piperidine rings is 1. The summed E-state index contributed by atoms with van der Waals surface area (Å²) in [5, 5.41) is 11.5. The molecule has 1 N–H and O–H groups in total. The van der Waals surface area contributed by atoms with Crippen molar-refractivity contribution in [2.75, 3.05) is 44.2 Å². The maximum atomic E-state index is 14.3. The van der Waals surface area contributed by atoms with Gasteiger partial charge in [0.05, 0.1) is 36.7 Å². The summed E-state index contributed by atoms with van der Waals surface area (Å²) in [6.45, 7) is 3.37. The molecule has 0 radical (unpaired) electrons. The van der Waals surface area contributed by atoms with Crippen molar-refractivity contribution in [3.05, 3.63) is 58.9 Å². The molecule has 3 saturated heterocycles. The predicted octanol–water partition coefficient (Wildman–Crippen LogP) is 4.97. The van der Waals surface area contributed by atoms with Crippen LogP contribution in [0.4, 0.5) is 32.0 Å². The van der Waals surface area contributed by atoms with Gasteiger partial charge in [0.2, 0.25) is 11.8 Å². The minimum atomic E-state index is -4.87. The molecular formula is C40H45F6N7O5S. The number of nitrogens with zero attached hydrogens (tertiary/aromatic N) is 6. The molecule has 2 aromatic rings. The van der Waals surface area contributed by atoms with E-state index in [0.717, 1.165) is 16.7 Å². The Morgan fingerprint density at radius 3 is 2.41 bits per heavy atom. The lowest BCUT2D eigenvalue weighted by atomic mass is 9.89. The molecular weight excluding hydrogens is 805 g/mol. The summed E-state index contributed by atoms with van der Waals surface area (Å²) in [5.74, 6) is -1.91. The fraction of sp³-hybridized carbons (Fsp3) is 0.575. The van der Waals surface area contributed by atoms with Crippen molar-refractivity contribution in [1.29, 1.82) is 5.26 Å². The number of piperazine rings is 1. The van der Waals surface area contributed by atoms with Crippen LogP contribution in [0.1, 0.15) is 74.8 Å². The maximum Gasteiger partial charge on any atom is 0.419 e. The average Bonchev–Trinajstić information content (AvgIpc) is 3.34. The van der Waals surface area contributed by atoms with Gasteiger partial charge < -0.3 is 9.64 Å². The summed E-state index contributed by atoms with van der Waals surface area (Å²) in [6, 6.07) is 7.11. The van der Waals surface area contributed by atoms with Gasteiger partial charge in [0, 0.05) is 51.0 Å². The zero-order valence-corrected chi connectivity index (χ0v) is 33.4. The van der Waals surface area contributed by atoms with Crippen molar-refractivity contribution < 1.29 is 50.3 Å². The van der Waals surface area contributed by atoms with E-state index in [9.17, 15) is 45.5 Å². The van der Waals surface area contributed by atoms with E-state index in [1.54, 1.807) is 41.8 Å². The van der Waals surface area contributed by atoms with E-state index in [0.29, 0.717) is 56.7 Å². The number of anilines is 1. The van der Waals surface area contributed by atoms with Gasteiger partial charge in [0.1, 0.15) is 17.6 Å². The first-order valence-corrected chi connectivity index (χ1v) is 19.9. The third kappa shape index (κ3) is 10.1. The van der Waals surface area contributed by atoms with E-state index < -0.39 is 41.1 Å². The van der Waals surface area contributed by atoms with Crippen LogP contribution in [0.3, 0.4) is 0 Å². The number of carbonyl (C=O) groups excluding carboxylic acids is 4. The standard InChI is InChI=1S/C40H45F6N7O5S/c1-38(2)36(57)52(28-19-31(39(41,42)43)32(20-47)48-21-28)37(59)53(38)27-7-9-30(10-8-27)58-15-14-50-12-13-51(33(23-50)40(44,45)46)22-29(54)18-25-5-3-4-24(16-25)17-26-6-11-34(55)49-35(26)56/h3-5,16,19,21,26-27,30,33H,6-15,17-18,22-23H2,1-2H3,(H,49,55,56)/t26-,27?,30?,33+/m0/s1. The zero-order chi connectivity index (χ0) is 42.9. The number of benzene rings is 1. The summed E-state index contributed by atoms with van der Waals surface area (Å²) in [6.07, 6.45) is -5.41. The number of nitrogens with one attached hydrogen (secondary N) is 1. The Morgan fingerprint density at radius 2 is 1.75 bits per heavy atom. The minimum absolute atomic E-state index is 0.0281. The first-order chi connectivity index (χ1) is 27.8. The highest BCUT2D eigenvalue weighted by atomic mass is 32.1. The number of imide groups is 1. The molecule has 1 saturated carbocycles. The largest absolute Gasteiger partial charge is 0.419 e. The SMILES string of the molecule is CC1(C)C(=O)N(c2cnc(C#N)c(C(F)(F)F)c2)C(=S)N1C1CCC(OCCN2CCN(CC(=O)Cc3cccc(C[C@@H]4CCC(=O)NC4=O)c3)[C@@H](C(F)(F)F)C2)CC1. The van der Waals surface area contributed by atoms with Gasteiger partial charge >= 0.3 is 12.4 Å². The summed E-state index contributed by atoms with van der Waals surface area (Å²) < 4.78 is 90.1. The van der Waals surface area contributed by atoms with Crippen molar-refractivity contribution in [2.24, 2.45) is 5.92 Å². The fourth-order valence-electron chi connectivity index (χ4n) is 8.52. The van der Waals surface area contributed by atoms with Crippen LogP contribution in [-0.4, -0.2) is 118 Å². The number of thiocarbonyl (C=S) groups is 1. The van der Waals surface area contributed by atoms with Crippen LogP contribution in [0.15, 0.2) is 36.5 Å². The lowest BCUT2D eigenvalue weighted by Crippen LogP contribution is -2.60. The third-order valence-electron chi connectivity index (χ3n) is 11.6. The summed E-state index contributed by atoms with van der Waals surface area (Å²) in [7, 11) is 0. The number of aromatic nitrogens is 1. The van der Waals surface area contributed by atoms with E-state index in [1.165, 1.54) is 11.0 Å². The van der Waals surface area contributed by atoms with Gasteiger partial charge in [-0.25, -0.2) is 4.98 Å². The smallest absolute Gasteiger partial charge is 0.377 e. The molecule has 1 aliphatic carbocycles. The number of carbonyl (C=O) groups is 4. The number of hydrogen-bond donors (Lipinski definition) is 1. The Balaban J connectivity index is 0.971. The molecule has 4 aliphatic rings. The molecule has 12 nitrogen and oxygen atoms in total. The van der Waals surface area contributed by atoms with Crippen LogP contribution in [-0.2, 0) is 42.9 Å². The van der Waals surface area contributed by atoms with E-state index in [2.05, 4.69) is 10.3 Å². The molecule has 3 amide bonds. The van der Waals surface area contributed by atoms with Crippen molar-refractivity contribution in [2.45, 2.75) is 101 Å². The summed E-state index contributed by atoms with van der Waals surface area (Å²) in [4.78, 5) is 59.6. The number of amides is 3. The molecule has 1 aromatic heterocycles. The Hall–Kier alpha value is -4.51. The van der Waals surface area contributed by atoms with E-state index in [4.69, 9.17) is 22.2 Å². The Kier molecular flexibility index (Phi) is 13.1. The lowest BCUT2D eigenvalue weighted by Gasteiger charge is -2.42. The van der Waals surface area contributed by atoms with Crippen LogP contribution < -0.4 is 10.2 Å². The number of hydrogen-bond acceptors (Lipinski definition) is 10. The monoisotopic (exact) mass is 849 g/mol. The molecule has 6 rings (SSSR count). The van der Waals surface area contributed by atoms with E-state index >= 15 is 0 Å². The van der Waals surface area contributed by atoms with Crippen LogP contribution in [0.25, 0.3) is 0 Å². The highest BCUT2D eigenvalue weighted by molar-refractivity contribution is 7.80. The van der Waals surface area contributed by atoms with Crippen LogP contribution in [0.5, 0.6) is 0 Å². The second-order valence-electron chi connectivity index (χ2n) is 16.1. The number of pyridine rings is 1. The summed E-state index contributed by atoms with van der Waals surface area (Å²) in [5.41, 5.74) is -2.02. The number of nitriles is 1. The number of Topliss-reactive ketones (excluding diaryl/α,β-unsaturated/α-hetero) is 1. The van der Waals surface area contributed by atoms with Gasteiger partial charge in [-0.2, -0.15) is 31.6 Å². The van der Waals surface area contributed by atoms with Gasteiger partial charge in [-0.05, 0) is 81.8 Å². The number of ether oxygens (including phenoxy) is 1. The minimum Gasteiger partial charge on any atom is -0.377 e. The van der Waals surface area contributed by atoms with E-state index in [1.807, 2.05) is 6.07 Å². The summed E-state index contributed by atoms with van der Waals surface area (Å²) >= 11 is 5.65. The molecule has 1 aromatic carbocycles. The van der Waals surface area contributed by atoms with Crippen LogP contribution in [0.2, 0.25) is 0 Å². The molecule has 0 bridgehead atoms. The molecule has 2 atom stereocenters. The van der Waals surface area contributed by atoms with Gasteiger partial charge in [-0.15, -0.1) is 0 Å². The molecule has 318 valence electrons. The molecule has 3 aliphatic heterocycles. The highest BCUT2D eigenvalue weighted by Crippen LogP contribution is 2.40. The van der Waals surface area contributed by atoms with E-state index in [-0.39, 0.29) is 92.1 Å². The van der Waals surface area contributed by atoms with Crippen LogP contribution >= 0.6 is 12.2 Å². The normalized spacial score (nSPS) is 24.7. The van der Waals surface area contributed by atoms with Crippen molar-refractivity contribution in [3.8, 4) is 6.07 Å². The van der Waals surface area contributed by atoms with Crippen molar-refractivity contribution in [3.63, 3.8) is 0 Å².